The lowest BCUT2D eigenvalue weighted by Crippen LogP contribution is -2.21. The summed E-state index contributed by atoms with van der Waals surface area (Å²) in [4.78, 5) is 48.9. The predicted octanol–water partition coefficient (Wildman–Crippen LogP) is 7.50. The smallest absolute Gasteiger partial charge is 0.506 e. The van der Waals surface area contributed by atoms with Gasteiger partial charge < -0.3 is 29.1 Å². The van der Waals surface area contributed by atoms with E-state index in [9.17, 15) is 42.6 Å². The number of aromatic hydroxyl groups is 2. The van der Waals surface area contributed by atoms with Crippen LogP contribution in [0.4, 0.5) is 24.0 Å². The first-order valence-corrected chi connectivity index (χ1v) is 16.5. The van der Waals surface area contributed by atoms with Crippen molar-refractivity contribution in [2.75, 3.05) is 10.6 Å². The maximum atomic E-state index is 12.5. The molecule has 0 spiro atoms. The Bertz CT molecular complexity index is 2630. The molecule has 2 amide bonds. The zero-order valence-electron chi connectivity index (χ0n) is 27.0. The molecule has 0 saturated carbocycles. The fourth-order valence-electron chi connectivity index (χ4n) is 4.93. The second-order valence-corrected chi connectivity index (χ2v) is 12.5. The summed E-state index contributed by atoms with van der Waals surface area (Å²) in [6.45, 7) is 0. The van der Waals surface area contributed by atoms with E-state index in [0.29, 0.717) is 16.5 Å². The number of benzene rings is 4. The van der Waals surface area contributed by atoms with Crippen LogP contribution in [0.15, 0.2) is 115 Å². The number of anilines is 2. The Morgan fingerprint density at radius 2 is 1.35 bits per heavy atom. The molecule has 274 valence electrons. The minimum Gasteiger partial charge on any atom is -0.506 e. The van der Waals surface area contributed by atoms with Crippen molar-refractivity contribution < 1.29 is 46.5 Å². The monoisotopic (exact) mass is 778 g/mol. The number of para-hydroxylation sites is 1. The van der Waals surface area contributed by atoms with Crippen molar-refractivity contribution in [3.63, 3.8) is 0 Å². The van der Waals surface area contributed by atoms with E-state index in [0.717, 1.165) is 29.8 Å². The number of hydrogen-bond acceptors (Lipinski definition) is 12. The Morgan fingerprint density at radius 3 is 2.02 bits per heavy atom. The molecule has 4 aromatic carbocycles. The van der Waals surface area contributed by atoms with Crippen molar-refractivity contribution >= 4 is 67.5 Å². The van der Waals surface area contributed by atoms with Gasteiger partial charge in [-0.1, -0.05) is 65.4 Å². The van der Waals surface area contributed by atoms with E-state index >= 15 is 0 Å². The standard InChI is InChI=1S/C19H12ClN3O4S.C17H10F3NO5/c20-11-6-7-12-13(9-11)27-18(26)15(16(12)24)17(25)21-19-23-22-14(28-19)8-10-4-2-1-3-5-10;18-17(19,20)26-10-7-5-9(6-8-10)21-15(23)13-14(22)11-3-1-2-4-12(11)25-16(13)24/h1-7,9,24H,8H2,(H,21,23,25);1-8,22H,(H,21,23). The van der Waals surface area contributed by atoms with E-state index in [-0.39, 0.29) is 32.8 Å². The van der Waals surface area contributed by atoms with E-state index in [2.05, 4.69) is 25.6 Å². The van der Waals surface area contributed by atoms with Gasteiger partial charge in [0.15, 0.2) is 11.1 Å². The SMILES string of the molecule is O=C(Nc1ccc(OC(F)(F)F)cc1)c1c(O)c2ccccc2oc1=O.O=C(Nc1nnc(Cc2ccccc2)s1)c1c(O)c2ccc(Cl)cc2oc1=O. The first kappa shape index (κ1) is 37.1. The van der Waals surface area contributed by atoms with Crippen molar-refractivity contribution in [1.29, 1.82) is 0 Å². The average Bonchev–Trinajstić information content (AvgIpc) is 3.55. The van der Waals surface area contributed by atoms with Gasteiger partial charge in [0.1, 0.15) is 33.4 Å². The molecule has 0 aliphatic rings. The molecular formula is C36H22ClF3N4O9S. The van der Waals surface area contributed by atoms with Crippen LogP contribution in [-0.4, -0.2) is 38.6 Å². The number of alkyl halides is 3. The summed E-state index contributed by atoms with van der Waals surface area (Å²) in [6.07, 6.45) is -4.26. The molecule has 18 heteroatoms. The number of fused-ring (bicyclic) bond motifs is 2. The zero-order chi connectivity index (χ0) is 38.6. The van der Waals surface area contributed by atoms with E-state index in [1.54, 1.807) is 12.1 Å². The number of rotatable bonds is 7. The van der Waals surface area contributed by atoms with Crippen molar-refractivity contribution in [3.8, 4) is 17.2 Å². The molecular weight excluding hydrogens is 757 g/mol. The molecule has 7 rings (SSSR count). The molecule has 0 aliphatic carbocycles. The zero-order valence-corrected chi connectivity index (χ0v) is 28.6. The highest BCUT2D eigenvalue weighted by Gasteiger charge is 2.31. The van der Waals surface area contributed by atoms with Gasteiger partial charge in [0.25, 0.3) is 11.8 Å². The van der Waals surface area contributed by atoms with Gasteiger partial charge in [0, 0.05) is 23.2 Å². The van der Waals surface area contributed by atoms with Gasteiger partial charge in [-0.05, 0) is 54.1 Å². The Morgan fingerprint density at radius 1 is 0.759 bits per heavy atom. The Balaban J connectivity index is 0.000000185. The Hall–Kier alpha value is -6.72. The summed E-state index contributed by atoms with van der Waals surface area (Å²) in [5.41, 5.74) is -1.78. The van der Waals surface area contributed by atoms with Gasteiger partial charge >= 0.3 is 17.6 Å². The van der Waals surface area contributed by atoms with Gasteiger partial charge in [-0.2, -0.15) is 0 Å². The third-order valence-corrected chi connectivity index (χ3v) is 8.39. The molecule has 0 bridgehead atoms. The summed E-state index contributed by atoms with van der Waals surface area (Å²) < 4.78 is 50.2. The van der Waals surface area contributed by atoms with Crippen LogP contribution >= 0.6 is 22.9 Å². The highest BCUT2D eigenvalue weighted by atomic mass is 35.5. The summed E-state index contributed by atoms with van der Waals surface area (Å²) in [6, 6.07) is 24.5. The molecule has 54 heavy (non-hydrogen) atoms. The first-order valence-electron chi connectivity index (χ1n) is 15.3. The number of carbonyl (C=O) groups excluding carboxylic acids is 2. The van der Waals surface area contributed by atoms with Gasteiger partial charge in [-0.15, -0.1) is 23.4 Å². The molecule has 3 heterocycles. The largest absolute Gasteiger partial charge is 0.573 e. The van der Waals surface area contributed by atoms with E-state index < -0.39 is 57.8 Å². The van der Waals surface area contributed by atoms with Crippen LogP contribution in [0, 0.1) is 0 Å². The Kier molecular flexibility index (Phi) is 10.6. The van der Waals surface area contributed by atoms with Crippen LogP contribution in [0.5, 0.6) is 17.2 Å². The van der Waals surface area contributed by atoms with Crippen molar-refractivity contribution in [1.82, 2.24) is 10.2 Å². The fourth-order valence-corrected chi connectivity index (χ4v) is 5.86. The van der Waals surface area contributed by atoms with E-state index in [1.807, 2.05) is 30.3 Å². The molecule has 0 saturated heterocycles. The lowest BCUT2D eigenvalue weighted by Gasteiger charge is -2.10. The lowest BCUT2D eigenvalue weighted by atomic mass is 10.1. The quantitative estimate of drug-likeness (QED) is 0.117. The molecule has 0 atom stereocenters. The number of amides is 2. The molecule has 13 nitrogen and oxygen atoms in total. The average molecular weight is 779 g/mol. The number of ether oxygens (including phenoxy) is 1. The summed E-state index contributed by atoms with van der Waals surface area (Å²) >= 11 is 7.04. The maximum absolute atomic E-state index is 12.5. The summed E-state index contributed by atoms with van der Waals surface area (Å²) in [7, 11) is 0. The fraction of sp³-hybridized carbons (Fsp3) is 0.0556. The molecule has 0 aliphatic heterocycles. The number of nitrogens with zero attached hydrogens (tertiary/aromatic N) is 2. The van der Waals surface area contributed by atoms with Crippen LogP contribution in [0.3, 0.4) is 0 Å². The number of hydrogen-bond donors (Lipinski definition) is 4. The molecule has 0 unspecified atom stereocenters. The minimum atomic E-state index is -4.83. The summed E-state index contributed by atoms with van der Waals surface area (Å²) in [5, 5.41) is 34.9. The normalized spacial score (nSPS) is 11.1. The maximum Gasteiger partial charge on any atom is 0.573 e. The van der Waals surface area contributed by atoms with Gasteiger partial charge in [0.05, 0.1) is 10.8 Å². The highest BCUT2D eigenvalue weighted by Crippen LogP contribution is 2.30. The number of nitrogens with one attached hydrogen (secondary N) is 2. The highest BCUT2D eigenvalue weighted by molar-refractivity contribution is 7.15. The van der Waals surface area contributed by atoms with E-state index in [1.165, 1.54) is 41.7 Å². The lowest BCUT2D eigenvalue weighted by molar-refractivity contribution is -0.274. The van der Waals surface area contributed by atoms with Gasteiger partial charge in [-0.3, -0.25) is 14.9 Å². The topological polar surface area (TPSA) is 194 Å². The second-order valence-electron chi connectivity index (χ2n) is 11.0. The number of carbonyl (C=O) groups is 2. The number of aromatic nitrogens is 2. The predicted molar refractivity (Wildman–Crippen MR) is 191 cm³/mol. The van der Waals surface area contributed by atoms with Crippen LogP contribution < -0.4 is 26.6 Å². The molecule has 3 aromatic heterocycles. The molecule has 7 aromatic rings. The van der Waals surface area contributed by atoms with E-state index in [4.69, 9.17) is 20.4 Å². The third-order valence-electron chi connectivity index (χ3n) is 7.31. The van der Waals surface area contributed by atoms with Gasteiger partial charge in [-0.25, -0.2) is 9.59 Å². The van der Waals surface area contributed by atoms with Crippen molar-refractivity contribution in [3.05, 3.63) is 145 Å². The molecule has 4 N–H and O–H groups in total. The first-order chi connectivity index (χ1) is 25.8. The minimum absolute atomic E-state index is 0.0904. The van der Waals surface area contributed by atoms with Crippen molar-refractivity contribution in [2.24, 2.45) is 0 Å². The van der Waals surface area contributed by atoms with Gasteiger partial charge in [0.2, 0.25) is 5.13 Å². The van der Waals surface area contributed by atoms with Crippen LogP contribution in [0.25, 0.3) is 21.9 Å². The number of halogens is 4. The second kappa shape index (κ2) is 15.5. The Labute approximate surface area is 308 Å². The van der Waals surface area contributed by atoms with Crippen molar-refractivity contribution in [2.45, 2.75) is 12.8 Å². The molecule has 0 fully saturated rings. The molecule has 0 radical (unpaired) electrons. The third kappa shape index (κ3) is 8.66. The van der Waals surface area contributed by atoms with Crippen LogP contribution in [0.1, 0.15) is 31.3 Å². The van der Waals surface area contributed by atoms with Crippen LogP contribution in [0.2, 0.25) is 5.02 Å². The summed E-state index contributed by atoms with van der Waals surface area (Å²) in [5.74, 6) is -3.29. The van der Waals surface area contributed by atoms with Crippen LogP contribution in [-0.2, 0) is 6.42 Å².